The van der Waals surface area contributed by atoms with Gasteiger partial charge in [-0.1, -0.05) is 55.5 Å². The molecule has 2 fully saturated rings. The number of hydrogen-bond acceptors (Lipinski definition) is 4. The minimum absolute atomic E-state index is 0.0382. The summed E-state index contributed by atoms with van der Waals surface area (Å²) in [4.78, 5) is 32.2. The third-order valence-electron chi connectivity index (χ3n) is 7.25. The molecule has 5 rings (SSSR count). The molecule has 2 saturated heterocycles. The van der Waals surface area contributed by atoms with Crippen molar-refractivity contribution in [3.05, 3.63) is 70.8 Å². The minimum Gasteiger partial charge on any atom is -0.297 e. The maximum atomic E-state index is 13.0. The molecule has 0 spiro atoms. The highest BCUT2D eigenvalue weighted by Gasteiger charge is 2.51. The van der Waals surface area contributed by atoms with E-state index in [2.05, 4.69) is 65.3 Å². The zero-order chi connectivity index (χ0) is 21.4. The Morgan fingerprint density at radius 3 is 2.13 bits per heavy atom. The zero-order valence-corrected chi connectivity index (χ0v) is 18.3. The summed E-state index contributed by atoms with van der Waals surface area (Å²) in [6.45, 7) is 7.53. The van der Waals surface area contributed by atoms with Gasteiger partial charge in [0.2, 0.25) is 11.8 Å². The van der Waals surface area contributed by atoms with Gasteiger partial charge in [-0.3, -0.25) is 24.3 Å². The number of carbonyl (C=O) groups excluding carboxylic acids is 2. The van der Waals surface area contributed by atoms with E-state index in [1.54, 1.807) is 4.90 Å². The lowest BCUT2D eigenvalue weighted by Crippen LogP contribution is -2.42. The van der Waals surface area contributed by atoms with Crippen molar-refractivity contribution < 1.29 is 9.59 Å². The summed E-state index contributed by atoms with van der Waals surface area (Å²) in [7, 11) is 0. The molecule has 0 unspecified atom stereocenters. The first-order chi connectivity index (χ1) is 15.1. The van der Waals surface area contributed by atoms with Crippen LogP contribution in [-0.2, 0) is 35.5 Å². The summed E-state index contributed by atoms with van der Waals surface area (Å²) < 4.78 is 0. The molecule has 0 aromatic heterocycles. The molecule has 0 aliphatic carbocycles. The van der Waals surface area contributed by atoms with E-state index >= 15 is 0 Å². The number of benzene rings is 2. The predicted molar refractivity (Wildman–Crippen MR) is 120 cm³/mol. The van der Waals surface area contributed by atoms with Crippen molar-refractivity contribution in [2.45, 2.75) is 32.9 Å². The number of amides is 2. The maximum Gasteiger partial charge on any atom is 0.234 e. The van der Waals surface area contributed by atoms with Gasteiger partial charge in [0.1, 0.15) is 0 Å². The maximum absolute atomic E-state index is 13.0. The second kappa shape index (κ2) is 8.56. The highest BCUT2D eigenvalue weighted by Crippen LogP contribution is 2.34. The van der Waals surface area contributed by atoms with Gasteiger partial charge in [-0.05, 0) is 35.1 Å². The molecular formula is C26H31N3O2. The number of aryl methyl sites for hydroxylation is 1. The van der Waals surface area contributed by atoms with Crippen molar-refractivity contribution in [3.63, 3.8) is 0 Å². The van der Waals surface area contributed by atoms with E-state index < -0.39 is 0 Å². The molecular weight excluding hydrogens is 386 g/mol. The first-order valence-electron chi connectivity index (χ1n) is 11.6. The molecule has 31 heavy (non-hydrogen) atoms. The molecule has 3 heterocycles. The van der Waals surface area contributed by atoms with Gasteiger partial charge in [0.05, 0.1) is 11.8 Å². The third-order valence-corrected chi connectivity index (χ3v) is 7.25. The van der Waals surface area contributed by atoms with E-state index in [9.17, 15) is 9.59 Å². The van der Waals surface area contributed by atoms with Crippen LogP contribution in [0.25, 0.3) is 0 Å². The van der Waals surface area contributed by atoms with Gasteiger partial charge in [-0.25, -0.2) is 0 Å². The number of rotatable bonds is 6. The second-order valence-electron chi connectivity index (χ2n) is 9.20. The minimum atomic E-state index is -0.163. The molecule has 3 aliphatic heterocycles. The average Bonchev–Trinajstić information content (AvgIpc) is 3.31. The normalized spacial score (nSPS) is 24.0. The molecule has 2 aromatic carbocycles. The fraction of sp³-hybridized carbons (Fsp3) is 0.462. The van der Waals surface area contributed by atoms with Crippen molar-refractivity contribution in [2.24, 2.45) is 11.8 Å². The summed E-state index contributed by atoms with van der Waals surface area (Å²) in [5.74, 6) is -0.249. The number of likely N-dealkylation sites (tertiary alicyclic amines) is 2. The van der Waals surface area contributed by atoms with Gasteiger partial charge in [0, 0.05) is 45.8 Å². The molecule has 3 aliphatic rings. The van der Waals surface area contributed by atoms with Gasteiger partial charge in [0.15, 0.2) is 0 Å². The number of carbonyl (C=O) groups is 2. The summed E-state index contributed by atoms with van der Waals surface area (Å²) in [5.41, 5.74) is 5.37. The van der Waals surface area contributed by atoms with Gasteiger partial charge < -0.3 is 0 Å². The first-order valence-corrected chi connectivity index (χ1v) is 11.6. The summed E-state index contributed by atoms with van der Waals surface area (Å²) >= 11 is 0. The van der Waals surface area contributed by atoms with Crippen LogP contribution in [0.1, 0.15) is 29.2 Å². The Morgan fingerprint density at radius 2 is 1.45 bits per heavy atom. The second-order valence-corrected chi connectivity index (χ2v) is 9.20. The smallest absolute Gasteiger partial charge is 0.234 e. The Kier molecular flexibility index (Phi) is 5.63. The molecule has 0 bridgehead atoms. The van der Waals surface area contributed by atoms with Crippen molar-refractivity contribution in [1.29, 1.82) is 0 Å². The SMILES string of the molecule is CCc1ccc(CN2C[C@@H]3C(=O)N(CCN4CCc5ccccc5C4)C(=O)[C@@H]3C2)cc1. The first kappa shape index (κ1) is 20.4. The summed E-state index contributed by atoms with van der Waals surface area (Å²) in [6.07, 6.45) is 2.08. The van der Waals surface area contributed by atoms with Crippen LogP contribution in [-0.4, -0.2) is 59.2 Å². The van der Waals surface area contributed by atoms with E-state index in [4.69, 9.17) is 0 Å². The Morgan fingerprint density at radius 1 is 0.806 bits per heavy atom. The molecule has 2 amide bonds. The quantitative estimate of drug-likeness (QED) is 0.678. The molecule has 5 nitrogen and oxygen atoms in total. The Labute approximate surface area is 184 Å². The largest absolute Gasteiger partial charge is 0.297 e. The zero-order valence-electron chi connectivity index (χ0n) is 18.3. The third kappa shape index (κ3) is 4.04. The van der Waals surface area contributed by atoms with E-state index in [1.807, 2.05) is 0 Å². The Hall–Kier alpha value is -2.50. The van der Waals surface area contributed by atoms with Gasteiger partial charge in [-0.2, -0.15) is 0 Å². The van der Waals surface area contributed by atoms with E-state index in [-0.39, 0.29) is 23.7 Å². The monoisotopic (exact) mass is 417 g/mol. The van der Waals surface area contributed by atoms with E-state index in [1.165, 1.54) is 22.3 Å². The van der Waals surface area contributed by atoms with Gasteiger partial charge in [0.25, 0.3) is 0 Å². The molecule has 2 aromatic rings. The lowest BCUT2D eigenvalue weighted by molar-refractivity contribution is -0.140. The van der Waals surface area contributed by atoms with Crippen LogP contribution in [0.3, 0.4) is 0 Å². The molecule has 0 radical (unpaired) electrons. The van der Waals surface area contributed by atoms with Crippen LogP contribution >= 0.6 is 0 Å². The van der Waals surface area contributed by atoms with E-state index in [0.717, 1.165) is 39.0 Å². The topological polar surface area (TPSA) is 43.9 Å². The number of fused-ring (bicyclic) bond motifs is 2. The van der Waals surface area contributed by atoms with Crippen molar-refractivity contribution in [2.75, 3.05) is 32.7 Å². The van der Waals surface area contributed by atoms with Crippen LogP contribution in [0, 0.1) is 11.8 Å². The van der Waals surface area contributed by atoms with Crippen LogP contribution in [0.2, 0.25) is 0 Å². The lowest BCUT2D eigenvalue weighted by atomic mass is 10.00. The van der Waals surface area contributed by atoms with Crippen LogP contribution in [0.4, 0.5) is 0 Å². The standard InChI is InChI=1S/C26H31N3O2/c1-2-19-7-9-20(10-8-19)15-28-17-23-24(18-28)26(31)29(25(23)30)14-13-27-12-11-21-5-3-4-6-22(21)16-27/h3-10,23-24H,2,11-18H2,1H3/t23-,24+. The fourth-order valence-electron chi connectivity index (χ4n) is 5.37. The number of hydrogen-bond donors (Lipinski definition) is 0. The molecule has 5 heteroatoms. The van der Waals surface area contributed by atoms with Crippen molar-refractivity contribution in [1.82, 2.24) is 14.7 Å². The Balaban J connectivity index is 1.15. The summed E-state index contributed by atoms with van der Waals surface area (Å²) in [6, 6.07) is 17.2. The van der Waals surface area contributed by atoms with E-state index in [0.29, 0.717) is 19.6 Å². The Bertz CT molecular complexity index is 947. The molecule has 0 saturated carbocycles. The van der Waals surface area contributed by atoms with Crippen LogP contribution in [0.15, 0.2) is 48.5 Å². The average molecular weight is 418 g/mol. The van der Waals surface area contributed by atoms with Crippen LogP contribution in [0.5, 0.6) is 0 Å². The number of imide groups is 1. The van der Waals surface area contributed by atoms with Crippen LogP contribution < -0.4 is 0 Å². The van der Waals surface area contributed by atoms with Crippen molar-refractivity contribution >= 4 is 11.8 Å². The highest BCUT2D eigenvalue weighted by molar-refractivity contribution is 6.05. The number of nitrogens with zero attached hydrogens (tertiary/aromatic N) is 3. The predicted octanol–water partition coefficient (Wildman–Crippen LogP) is 2.72. The molecule has 2 atom stereocenters. The van der Waals surface area contributed by atoms with Gasteiger partial charge >= 0.3 is 0 Å². The fourth-order valence-corrected chi connectivity index (χ4v) is 5.37. The van der Waals surface area contributed by atoms with Crippen molar-refractivity contribution in [3.8, 4) is 0 Å². The highest BCUT2D eigenvalue weighted by atomic mass is 16.2. The van der Waals surface area contributed by atoms with Gasteiger partial charge in [-0.15, -0.1) is 0 Å². The molecule has 162 valence electrons. The lowest BCUT2D eigenvalue weighted by Gasteiger charge is -2.30. The summed E-state index contributed by atoms with van der Waals surface area (Å²) in [5, 5.41) is 0. The molecule has 0 N–H and O–H groups in total.